The molecule has 2 atom stereocenters. The molecule has 1 saturated heterocycles. The average molecular weight is 349 g/mol. The third-order valence-corrected chi connectivity index (χ3v) is 5.63. The molecule has 2 aromatic rings. The molecule has 2 unspecified atom stereocenters. The van der Waals surface area contributed by atoms with E-state index in [-0.39, 0.29) is 12.1 Å². The fourth-order valence-corrected chi connectivity index (χ4v) is 4.22. The number of carbonyl (C=O) groups excluding carboxylic acids is 1. The lowest BCUT2D eigenvalue weighted by atomic mass is 9.88. The van der Waals surface area contributed by atoms with Crippen molar-refractivity contribution in [1.82, 2.24) is 10.6 Å². The lowest BCUT2D eigenvalue weighted by molar-refractivity contribution is 0.234. The highest BCUT2D eigenvalue weighted by molar-refractivity contribution is 5.74. The van der Waals surface area contributed by atoms with Gasteiger partial charge in [-0.05, 0) is 54.9 Å². The first-order valence-corrected chi connectivity index (χ1v) is 9.72. The van der Waals surface area contributed by atoms with Gasteiger partial charge in [0, 0.05) is 25.3 Å². The maximum Gasteiger partial charge on any atom is 0.315 e. The van der Waals surface area contributed by atoms with E-state index in [2.05, 4.69) is 64.1 Å². The highest BCUT2D eigenvalue weighted by Gasteiger charge is 2.24. The van der Waals surface area contributed by atoms with Crippen LogP contribution in [0.25, 0.3) is 0 Å². The first kappa shape index (κ1) is 17.0. The van der Waals surface area contributed by atoms with Crippen LogP contribution in [0.15, 0.2) is 54.6 Å². The molecule has 0 aromatic heterocycles. The maximum atomic E-state index is 12.4. The van der Waals surface area contributed by atoms with Gasteiger partial charge in [-0.2, -0.15) is 0 Å². The molecule has 1 aliphatic heterocycles. The van der Waals surface area contributed by atoms with Gasteiger partial charge in [0.05, 0.1) is 6.04 Å². The average Bonchev–Trinajstić information content (AvgIpc) is 3.17. The predicted molar refractivity (Wildman–Crippen MR) is 105 cm³/mol. The second-order valence-corrected chi connectivity index (χ2v) is 7.43. The largest absolute Gasteiger partial charge is 0.371 e. The third kappa shape index (κ3) is 3.85. The van der Waals surface area contributed by atoms with Crippen LogP contribution in [0.3, 0.4) is 0 Å². The normalized spacial score (nSPS) is 21.9. The van der Waals surface area contributed by atoms with Crippen LogP contribution in [0.2, 0.25) is 0 Å². The van der Waals surface area contributed by atoms with Crippen molar-refractivity contribution in [3.63, 3.8) is 0 Å². The quantitative estimate of drug-likeness (QED) is 0.879. The molecule has 1 aliphatic carbocycles. The van der Waals surface area contributed by atoms with Gasteiger partial charge >= 0.3 is 6.03 Å². The number of benzene rings is 2. The minimum Gasteiger partial charge on any atom is -0.371 e. The van der Waals surface area contributed by atoms with Crippen LogP contribution in [0, 0.1) is 5.92 Å². The lowest BCUT2D eigenvalue weighted by Gasteiger charge is -2.26. The Morgan fingerprint density at radius 3 is 2.73 bits per heavy atom. The summed E-state index contributed by atoms with van der Waals surface area (Å²) >= 11 is 0. The molecule has 2 amide bonds. The number of nitrogens with zero attached hydrogens (tertiary/aromatic N) is 1. The van der Waals surface area contributed by atoms with Crippen LogP contribution in [-0.4, -0.2) is 25.7 Å². The van der Waals surface area contributed by atoms with Crippen molar-refractivity contribution in [2.24, 2.45) is 5.92 Å². The summed E-state index contributed by atoms with van der Waals surface area (Å²) in [6, 6.07) is 19.1. The standard InChI is InChI=1S/C22H27N3O/c26-22(24-21-12-6-8-18-7-4-5-11-20(18)21)23-15-17-13-14-25(16-17)19-9-2-1-3-10-19/h1-5,7,9-11,17,21H,6,8,12-16H2,(H2,23,24,26). The van der Waals surface area contributed by atoms with Gasteiger partial charge in [0.15, 0.2) is 0 Å². The van der Waals surface area contributed by atoms with Crippen molar-refractivity contribution in [1.29, 1.82) is 0 Å². The topological polar surface area (TPSA) is 44.4 Å². The van der Waals surface area contributed by atoms with Crippen molar-refractivity contribution in [3.05, 3.63) is 65.7 Å². The van der Waals surface area contributed by atoms with E-state index in [1.54, 1.807) is 0 Å². The second-order valence-electron chi connectivity index (χ2n) is 7.43. The molecular weight excluding hydrogens is 322 g/mol. The van der Waals surface area contributed by atoms with Crippen molar-refractivity contribution < 1.29 is 4.79 Å². The minimum atomic E-state index is -0.0372. The summed E-state index contributed by atoms with van der Waals surface area (Å²) in [6.45, 7) is 2.81. The Morgan fingerprint density at radius 2 is 1.85 bits per heavy atom. The Bertz CT molecular complexity index is 746. The fourth-order valence-electron chi connectivity index (χ4n) is 4.22. The third-order valence-electron chi connectivity index (χ3n) is 5.63. The molecular formula is C22H27N3O. The van der Waals surface area contributed by atoms with Gasteiger partial charge in [0.2, 0.25) is 0 Å². The van der Waals surface area contributed by atoms with Crippen molar-refractivity contribution in [2.45, 2.75) is 31.7 Å². The van der Waals surface area contributed by atoms with Crippen LogP contribution in [0.1, 0.15) is 36.4 Å². The van der Waals surface area contributed by atoms with Crippen molar-refractivity contribution in [3.8, 4) is 0 Å². The summed E-state index contributed by atoms with van der Waals surface area (Å²) in [5.41, 5.74) is 3.93. The van der Waals surface area contributed by atoms with Gasteiger partial charge in [0.25, 0.3) is 0 Å². The van der Waals surface area contributed by atoms with E-state index in [1.165, 1.54) is 16.8 Å². The Balaban J connectivity index is 1.26. The molecule has 2 N–H and O–H groups in total. The van der Waals surface area contributed by atoms with E-state index in [4.69, 9.17) is 0 Å². The highest BCUT2D eigenvalue weighted by Crippen LogP contribution is 2.29. The summed E-state index contributed by atoms with van der Waals surface area (Å²) in [4.78, 5) is 14.8. The van der Waals surface area contributed by atoms with Gasteiger partial charge in [-0.3, -0.25) is 0 Å². The van der Waals surface area contributed by atoms with Gasteiger partial charge in [-0.15, -0.1) is 0 Å². The number of fused-ring (bicyclic) bond motifs is 1. The van der Waals surface area contributed by atoms with Crippen LogP contribution in [-0.2, 0) is 6.42 Å². The molecule has 1 heterocycles. The number of amides is 2. The zero-order valence-corrected chi connectivity index (χ0v) is 15.2. The number of hydrogen-bond acceptors (Lipinski definition) is 2. The molecule has 0 bridgehead atoms. The summed E-state index contributed by atoms with van der Waals surface area (Å²) in [5.74, 6) is 0.514. The highest BCUT2D eigenvalue weighted by atomic mass is 16.2. The Labute approximate surface area is 155 Å². The van der Waals surface area contributed by atoms with E-state index in [0.717, 1.165) is 45.3 Å². The maximum absolute atomic E-state index is 12.4. The van der Waals surface area contributed by atoms with Gasteiger partial charge in [-0.1, -0.05) is 42.5 Å². The minimum absolute atomic E-state index is 0.0372. The molecule has 0 radical (unpaired) electrons. The van der Waals surface area contributed by atoms with Crippen LogP contribution >= 0.6 is 0 Å². The molecule has 26 heavy (non-hydrogen) atoms. The molecule has 4 nitrogen and oxygen atoms in total. The molecule has 2 aliphatic rings. The molecule has 2 aromatic carbocycles. The van der Waals surface area contributed by atoms with Crippen molar-refractivity contribution in [2.75, 3.05) is 24.5 Å². The number of aryl methyl sites for hydroxylation is 1. The zero-order chi connectivity index (χ0) is 17.8. The van der Waals surface area contributed by atoms with Gasteiger partial charge < -0.3 is 15.5 Å². The number of carbonyl (C=O) groups is 1. The summed E-state index contributed by atoms with van der Waals surface area (Å²) in [6.07, 6.45) is 4.40. The molecule has 136 valence electrons. The predicted octanol–water partition coefficient (Wildman–Crippen LogP) is 3.89. The van der Waals surface area contributed by atoms with E-state index in [1.807, 2.05) is 6.07 Å². The number of para-hydroxylation sites is 1. The second kappa shape index (κ2) is 7.81. The summed E-state index contributed by atoms with van der Waals surface area (Å²) < 4.78 is 0. The summed E-state index contributed by atoms with van der Waals surface area (Å²) in [5, 5.41) is 6.28. The number of hydrogen-bond donors (Lipinski definition) is 2. The number of rotatable bonds is 4. The van der Waals surface area contributed by atoms with Crippen LogP contribution in [0.4, 0.5) is 10.5 Å². The lowest BCUT2D eigenvalue weighted by Crippen LogP contribution is -2.41. The number of nitrogens with one attached hydrogen (secondary N) is 2. The van der Waals surface area contributed by atoms with Crippen molar-refractivity contribution >= 4 is 11.7 Å². The molecule has 0 saturated carbocycles. The van der Waals surface area contributed by atoms with Gasteiger partial charge in [-0.25, -0.2) is 4.79 Å². The first-order chi connectivity index (χ1) is 12.8. The van der Waals surface area contributed by atoms with E-state index in [9.17, 15) is 4.79 Å². The summed E-state index contributed by atoms with van der Waals surface area (Å²) in [7, 11) is 0. The van der Waals surface area contributed by atoms with E-state index in [0.29, 0.717) is 5.92 Å². The van der Waals surface area contributed by atoms with Crippen LogP contribution < -0.4 is 15.5 Å². The van der Waals surface area contributed by atoms with E-state index >= 15 is 0 Å². The Kier molecular flexibility index (Phi) is 5.09. The smallest absolute Gasteiger partial charge is 0.315 e. The fraction of sp³-hybridized carbons (Fsp3) is 0.409. The van der Waals surface area contributed by atoms with E-state index < -0.39 is 0 Å². The zero-order valence-electron chi connectivity index (χ0n) is 15.2. The molecule has 4 heteroatoms. The molecule has 0 spiro atoms. The monoisotopic (exact) mass is 349 g/mol. The first-order valence-electron chi connectivity index (χ1n) is 9.72. The molecule has 1 fully saturated rings. The van der Waals surface area contributed by atoms with Gasteiger partial charge in [0.1, 0.15) is 0 Å². The number of urea groups is 1. The Hall–Kier alpha value is -2.49. The molecule has 4 rings (SSSR count). The van der Waals surface area contributed by atoms with Crippen LogP contribution in [0.5, 0.6) is 0 Å². The Morgan fingerprint density at radius 1 is 1.04 bits per heavy atom. The number of anilines is 1. The SMILES string of the molecule is O=C(NCC1CCN(c2ccccc2)C1)NC1CCCc2ccccc21.